The first-order valence-electron chi connectivity index (χ1n) is 9.17. The molecule has 2 N–H and O–H groups in total. The van der Waals surface area contributed by atoms with Crippen LogP contribution in [0.2, 0.25) is 0 Å². The van der Waals surface area contributed by atoms with Gasteiger partial charge in [0.15, 0.2) is 11.5 Å². The van der Waals surface area contributed by atoms with Gasteiger partial charge in [-0.2, -0.15) is 0 Å². The Morgan fingerprint density at radius 1 is 0.969 bits per heavy atom. The van der Waals surface area contributed by atoms with Gasteiger partial charge in [-0.15, -0.1) is 0 Å². The van der Waals surface area contributed by atoms with Crippen molar-refractivity contribution < 1.29 is 31.5 Å². The van der Waals surface area contributed by atoms with Gasteiger partial charge < -0.3 is 14.8 Å². The monoisotopic (exact) mass is 524 g/mol. The minimum Gasteiger partial charge on any atom is -0.454 e. The molecule has 1 aliphatic rings. The normalized spacial score (nSPS) is 12.6. The molecule has 0 spiro atoms. The van der Waals surface area contributed by atoms with Crippen LogP contribution in [0, 0.1) is 11.6 Å². The van der Waals surface area contributed by atoms with Crippen molar-refractivity contribution in [3.8, 4) is 11.5 Å². The van der Waals surface area contributed by atoms with Crippen molar-refractivity contribution in [1.29, 1.82) is 0 Å². The number of hydrogen-bond acceptors (Lipinski definition) is 5. The molecule has 3 aromatic rings. The zero-order valence-electron chi connectivity index (χ0n) is 16.2. The molecule has 166 valence electrons. The summed E-state index contributed by atoms with van der Waals surface area (Å²) in [5, 5.41) is 2.24. The van der Waals surface area contributed by atoms with Gasteiger partial charge in [0.05, 0.1) is 16.1 Å². The lowest BCUT2D eigenvalue weighted by atomic mass is 10.2. The molecule has 1 aliphatic heterocycles. The van der Waals surface area contributed by atoms with Crippen molar-refractivity contribution in [3.05, 3.63) is 81.8 Å². The van der Waals surface area contributed by atoms with Crippen LogP contribution in [0.15, 0.2) is 64.0 Å². The summed E-state index contributed by atoms with van der Waals surface area (Å²) in [6.07, 6.45) is 0. The molecule has 1 heterocycles. The minimum absolute atomic E-state index is 0.0675. The molecule has 1 amide bonds. The molecule has 0 aromatic heterocycles. The number of ether oxygens (including phenoxy) is 2. The summed E-state index contributed by atoms with van der Waals surface area (Å²) < 4.78 is 66.9. The highest BCUT2D eigenvalue weighted by atomic mass is 79.9. The summed E-state index contributed by atoms with van der Waals surface area (Å²) in [5.74, 6) is -1.61. The topological polar surface area (TPSA) is 93.7 Å². The van der Waals surface area contributed by atoms with E-state index in [2.05, 4.69) is 26.0 Å². The third-order valence-electron chi connectivity index (χ3n) is 4.58. The van der Waals surface area contributed by atoms with E-state index in [9.17, 15) is 22.0 Å². The van der Waals surface area contributed by atoms with E-state index in [1.54, 1.807) is 18.2 Å². The Labute approximate surface area is 190 Å². The quantitative estimate of drug-likeness (QED) is 0.504. The van der Waals surface area contributed by atoms with E-state index in [4.69, 9.17) is 9.47 Å². The summed E-state index contributed by atoms with van der Waals surface area (Å²) >= 11 is 3.10. The van der Waals surface area contributed by atoms with Gasteiger partial charge in [-0.25, -0.2) is 21.9 Å². The number of carbonyl (C=O) groups excluding carboxylic acids is 1. The standard InChI is InChI=1S/C21H15BrF2N2O5S/c22-13-2-5-18(17(24)8-13)26-21(27)15-9-14(3-4-16(15)23)32(28,29)25-10-12-1-6-19-20(7-12)31-11-30-19/h1-9,25H,10-11H2,(H,26,27). The molecule has 0 radical (unpaired) electrons. The zero-order chi connectivity index (χ0) is 22.9. The third kappa shape index (κ3) is 4.74. The summed E-state index contributed by atoms with van der Waals surface area (Å²) in [5.41, 5.74) is -0.103. The number of halogens is 3. The molecular formula is C21H15BrF2N2O5S. The highest BCUT2D eigenvalue weighted by molar-refractivity contribution is 9.10. The molecule has 0 aliphatic carbocycles. The molecule has 0 saturated carbocycles. The first-order chi connectivity index (χ1) is 15.2. The highest BCUT2D eigenvalue weighted by Gasteiger charge is 2.21. The van der Waals surface area contributed by atoms with Crippen LogP contribution in [-0.2, 0) is 16.6 Å². The summed E-state index contributed by atoms with van der Waals surface area (Å²) in [7, 11) is -4.08. The first kappa shape index (κ1) is 22.2. The maximum absolute atomic E-state index is 14.3. The second kappa shape index (κ2) is 8.85. The Kier molecular flexibility index (Phi) is 6.13. The lowest BCUT2D eigenvalue weighted by Crippen LogP contribution is -2.24. The molecule has 3 aromatic carbocycles. The van der Waals surface area contributed by atoms with Gasteiger partial charge in [0, 0.05) is 11.0 Å². The largest absolute Gasteiger partial charge is 0.454 e. The van der Waals surface area contributed by atoms with Gasteiger partial charge >= 0.3 is 0 Å². The smallest absolute Gasteiger partial charge is 0.258 e. The summed E-state index contributed by atoms with van der Waals surface area (Å²) in [4.78, 5) is 12.2. The van der Waals surface area contributed by atoms with Gasteiger partial charge in [-0.3, -0.25) is 4.79 Å². The van der Waals surface area contributed by atoms with E-state index in [-0.39, 0.29) is 23.9 Å². The Bertz CT molecular complexity index is 1320. The van der Waals surface area contributed by atoms with Crippen LogP contribution in [0.3, 0.4) is 0 Å². The number of carbonyl (C=O) groups is 1. The van der Waals surface area contributed by atoms with Crippen molar-refractivity contribution in [2.45, 2.75) is 11.4 Å². The van der Waals surface area contributed by atoms with Gasteiger partial charge in [0.2, 0.25) is 16.8 Å². The maximum atomic E-state index is 14.3. The Balaban J connectivity index is 1.52. The highest BCUT2D eigenvalue weighted by Crippen LogP contribution is 2.32. The first-order valence-corrected chi connectivity index (χ1v) is 11.4. The fraction of sp³-hybridized carbons (Fsp3) is 0.0952. The fourth-order valence-corrected chi connectivity index (χ4v) is 4.32. The van der Waals surface area contributed by atoms with Gasteiger partial charge in [0.1, 0.15) is 11.6 Å². The third-order valence-corrected chi connectivity index (χ3v) is 6.47. The summed E-state index contributed by atoms with van der Waals surface area (Å²) in [6, 6.07) is 11.7. The van der Waals surface area contributed by atoms with E-state index in [1.165, 1.54) is 12.1 Å². The van der Waals surface area contributed by atoms with Crippen LogP contribution >= 0.6 is 15.9 Å². The molecule has 11 heteroatoms. The second-order valence-corrected chi connectivity index (χ2v) is 9.41. The molecular weight excluding hydrogens is 510 g/mol. The van der Waals surface area contributed by atoms with Crippen molar-refractivity contribution >= 4 is 37.5 Å². The van der Waals surface area contributed by atoms with Crippen molar-refractivity contribution in [2.24, 2.45) is 0 Å². The fourth-order valence-electron chi connectivity index (χ4n) is 2.94. The van der Waals surface area contributed by atoms with Crippen LogP contribution in [0.5, 0.6) is 11.5 Å². The Hall–Kier alpha value is -3.02. The zero-order valence-corrected chi connectivity index (χ0v) is 18.6. The Morgan fingerprint density at radius 3 is 2.53 bits per heavy atom. The van der Waals surface area contributed by atoms with Crippen LogP contribution in [0.25, 0.3) is 0 Å². The molecule has 32 heavy (non-hydrogen) atoms. The van der Waals surface area contributed by atoms with Gasteiger partial charge in [-0.05, 0) is 54.1 Å². The van der Waals surface area contributed by atoms with E-state index in [0.717, 1.165) is 24.3 Å². The average molecular weight is 525 g/mol. The molecule has 0 saturated heterocycles. The number of benzene rings is 3. The lowest BCUT2D eigenvalue weighted by molar-refractivity contribution is 0.102. The summed E-state index contributed by atoms with van der Waals surface area (Å²) in [6.45, 7) is 0.0249. The molecule has 0 atom stereocenters. The molecule has 4 rings (SSSR count). The van der Waals surface area contributed by atoms with Crippen LogP contribution < -0.4 is 19.5 Å². The minimum atomic E-state index is -4.08. The number of amides is 1. The number of sulfonamides is 1. The van der Waals surface area contributed by atoms with E-state index >= 15 is 0 Å². The van der Waals surface area contributed by atoms with Gasteiger partial charge in [0.25, 0.3) is 5.91 Å². The van der Waals surface area contributed by atoms with Crippen molar-refractivity contribution in [2.75, 3.05) is 12.1 Å². The van der Waals surface area contributed by atoms with Crippen molar-refractivity contribution in [3.63, 3.8) is 0 Å². The van der Waals surface area contributed by atoms with Crippen molar-refractivity contribution in [1.82, 2.24) is 4.72 Å². The predicted octanol–water partition coefficient (Wildman–Crippen LogP) is 4.19. The maximum Gasteiger partial charge on any atom is 0.258 e. The van der Waals surface area contributed by atoms with E-state index < -0.39 is 33.1 Å². The second-order valence-electron chi connectivity index (χ2n) is 6.73. The Morgan fingerprint density at radius 2 is 1.75 bits per heavy atom. The number of nitrogens with one attached hydrogen (secondary N) is 2. The van der Waals surface area contributed by atoms with E-state index in [1.807, 2.05) is 0 Å². The molecule has 7 nitrogen and oxygen atoms in total. The van der Waals surface area contributed by atoms with Gasteiger partial charge in [-0.1, -0.05) is 22.0 Å². The van der Waals surface area contributed by atoms with Crippen LogP contribution in [-0.4, -0.2) is 21.1 Å². The molecule has 0 fully saturated rings. The SMILES string of the molecule is O=C(Nc1ccc(Br)cc1F)c1cc(S(=O)(=O)NCc2ccc3c(c2)OCO3)ccc1F. The predicted molar refractivity (Wildman–Crippen MR) is 115 cm³/mol. The van der Waals surface area contributed by atoms with Crippen LogP contribution in [0.1, 0.15) is 15.9 Å². The molecule has 0 unspecified atom stereocenters. The number of hydrogen-bond donors (Lipinski definition) is 2. The number of fused-ring (bicyclic) bond motifs is 1. The number of rotatable bonds is 6. The van der Waals surface area contributed by atoms with E-state index in [0.29, 0.717) is 21.5 Å². The average Bonchev–Trinajstić information content (AvgIpc) is 3.22. The molecule has 0 bridgehead atoms. The van der Waals surface area contributed by atoms with Crippen LogP contribution in [0.4, 0.5) is 14.5 Å². The lowest BCUT2D eigenvalue weighted by Gasteiger charge is -2.11. The number of anilines is 1.